The molecular formula is C24H23ClN4O2S. The first-order valence-corrected chi connectivity index (χ1v) is 12.1. The summed E-state index contributed by atoms with van der Waals surface area (Å²) in [5.74, 6) is 2.45. The number of nitrogens with zero attached hydrogens (tertiary/aromatic N) is 3. The quantitative estimate of drug-likeness (QED) is 0.474. The summed E-state index contributed by atoms with van der Waals surface area (Å²) in [5.41, 5.74) is 3.62. The van der Waals surface area contributed by atoms with Crippen molar-refractivity contribution in [2.24, 2.45) is 0 Å². The maximum atomic E-state index is 13.0. The van der Waals surface area contributed by atoms with Gasteiger partial charge in [0, 0.05) is 28.3 Å². The summed E-state index contributed by atoms with van der Waals surface area (Å²) in [7, 11) is 0. The first-order valence-electron chi connectivity index (χ1n) is 10.7. The fraction of sp³-hybridized carbons (Fsp3) is 0.292. The third-order valence-corrected chi connectivity index (χ3v) is 6.74. The summed E-state index contributed by atoms with van der Waals surface area (Å²) in [6, 6.07) is 15.2. The van der Waals surface area contributed by atoms with Crippen LogP contribution in [0.5, 0.6) is 5.75 Å². The second-order valence-electron chi connectivity index (χ2n) is 7.74. The van der Waals surface area contributed by atoms with Crippen molar-refractivity contribution in [3.8, 4) is 5.75 Å². The van der Waals surface area contributed by atoms with Crippen molar-refractivity contribution in [1.29, 1.82) is 0 Å². The third-order valence-electron chi connectivity index (χ3n) is 5.65. The summed E-state index contributed by atoms with van der Waals surface area (Å²) in [6.45, 7) is 2.44. The molecule has 0 amide bonds. The topological polar surface area (TPSA) is 69.0 Å². The SMILES string of the molecule is CCSc1nc2n(n1)C(c1cccc(OCc3ccccc3Cl)c1)C1=C(CCCC1=O)N2. The number of benzene rings is 2. The molecule has 0 saturated heterocycles. The number of carbonyl (C=O) groups is 1. The van der Waals surface area contributed by atoms with E-state index < -0.39 is 0 Å². The van der Waals surface area contributed by atoms with Gasteiger partial charge in [0.2, 0.25) is 11.1 Å². The summed E-state index contributed by atoms with van der Waals surface area (Å²) < 4.78 is 7.89. The van der Waals surface area contributed by atoms with Gasteiger partial charge in [-0.2, -0.15) is 4.98 Å². The van der Waals surface area contributed by atoms with Gasteiger partial charge < -0.3 is 10.1 Å². The van der Waals surface area contributed by atoms with Crippen LogP contribution in [0.2, 0.25) is 5.02 Å². The van der Waals surface area contributed by atoms with Crippen LogP contribution in [0, 0.1) is 0 Å². The fourth-order valence-electron chi connectivity index (χ4n) is 4.19. The average Bonchev–Trinajstić information content (AvgIpc) is 3.20. The van der Waals surface area contributed by atoms with Crippen molar-refractivity contribution in [3.05, 3.63) is 76.0 Å². The van der Waals surface area contributed by atoms with E-state index in [0.717, 1.165) is 46.7 Å². The minimum absolute atomic E-state index is 0.164. The van der Waals surface area contributed by atoms with E-state index in [1.807, 2.05) is 53.2 Å². The molecule has 5 rings (SSSR count). The standard InChI is InChI=1S/C24H23ClN4O2S/c1-2-32-24-27-23-26-19-11-6-12-20(30)21(19)22(29(23)28-24)15-8-5-9-17(13-15)31-14-16-7-3-4-10-18(16)25/h3-5,7-10,13,22H,2,6,11-12,14H2,1H3,(H,26,27,28). The fourth-order valence-corrected chi connectivity index (χ4v) is 4.93. The van der Waals surface area contributed by atoms with Gasteiger partial charge in [0.15, 0.2) is 5.78 Å². The van der Waals surface area contributed by atoms with Gasteiger partial charge in [0.25, 0.3) is 0 Å². The number of allylic oxidation sites excluding steroid dienone is 2. The highest BCUT2D eigenvalue weighted by Gasteiger charge is 2.37. The van der Waals surface area contributed by atoms with Crippen LogP contribution < -0.4 is 10.1 Å². The molecule has 164 valence electrons. The molecule has 1 aliphatic heterocycles. The first kappa shape index (κ1) is 21.1. The number of hydrogen-bond donors (Lipinski definition) is 1. The molecule has 1 N–H and O–H groups in total. The Morgan fingerprint density at radius 3 is 2.94 bits per heavy atom. The lowest BCUT2D eigenvalue weighted by atomic mass is 9.85. The molecule has 32 heavy (non-hydrogen) atoms. The predicted molar refractivity (Wildman–Crippen MR) is 126 cm³/mol. The molecule has 2 aromatic carbocycles. The van der Waals surface area contributed by atoms with Gasteiger partial charge >= 0.3 is 0 Å². The molecular weight excluding hydrogens is 444 g/mol. The molecule has 8 heteroatoms. The third kappa shape index (κ3) is 4.02. The average molecular weight is 467 g/mol. The monoisotopic (exact) mass is 466 g/mol. The molecule has 6 nitrogen and oxygen atoms in total. The number of thioether (sulfide) groups is 1. The van der Waals surface area contributed by atoms with Gasteiger partial charge in [-0.15, -0.1) is 5.10 Å². The Bertz CT molecular complexity index is 1210. The highest BCUT2D eigenvalue weighted by atomic mass is 35.5. The van der Waals surface area contributed by atoms with Crippen LogP contribution in [-0.4, -0.2) is 26.3 Å². The number of Topliss-reactive ketones (excluding diaryl/α,β-unsaturated/α-hetero) is 1. The highest BCUT2D eigenvalue weighted by Crippen LogP contribution is 2.41. The van der Waals surface area contributed by atoms with E-state index in [4.69, 9.17) is 21.4 Å². The number of ketones is 1. The number of fused-ring (bicyclic) bond motifs is 1. The lowest BCUT2D eigenvalue weighted by Gasteiger charge is -2.32. The van der Waals surface area contributed by atoms with Gasteiger partial charge in [-0.3, -0.25) is 4.79 Å². The Morgan fingerprint density at radius 2 is 2.09 bits per heavy atom. The van der Waals surface area contributed by atoms with E-state index in [2.05, 4.69) is 17.2 Å². The summed E-state index contributed by atoms with van der Waals surface area (Å²) in [5, 5.41) is 9.47. The molecule has 3 aromatic rings. The van der Waals surface area contributed by atoms with Crippen molar-refractivity contribution in [1.82, 2.24) is 14.8 Å². The second-order valence-corrected chi connectivity index (χ2v) is 9.38. The number of nitrogens with one attached hydrogen (secondary N) is 1. The minimum atomic E-state index is -0.323. The van der Waals surface area contributed by atoms with Crippen molar-refractivity contribution in [3.63, 3.8) is 0 Å². The van der Waals surface area contributed by atoms with Crippen molar-refractivity contribution in [2.75, 3.05) is 11.1 Å². The molecule has 0 fully saturated rings. The molecule has 0 radical (unpaired) electrons. The molecule has 0 spiro atoms. The van der Waals surface area contributed by atoms with Gasteiger partial charge in [-0.25, -0.2) is 4.68 Å². The Kier molecular flexibility index (Phi) is 5.93. The molecule has 1 aromatic heterocycles. The lowest BCUT2D eigenvalue weighted by molar-refractivity contribution is -0.116. The summed E-state index contributed by atoms with van der Waals surface area (Å²) in [6.07, 6.45) is 2.24. The number of aromatic nitrogens is 3. The van der Waals surface area contributed by atoms with E-state index >= 15 is 0 Å². The summed E-state index contributed by atoms with van der Waals surface area (Å²) in [4.78, 5) is 17.6. The zero-order valence-corrected chi connectivity index (χ0v) is 19.2. The minimum Gasteiger partial charge on any atom is -0.489 e. The molecule has 2 heterocycles. The van der Waals surface area contributed by atoms with E-state index in [1.165, 1.54) is 0 Å². The van der Waals surface area contributed by atoms with Crippen LogP contribution in [0.4, 0.5) is 5.95 Å². The van der Waals surface area contributed by atoms with E-state index in [1.54, 1.807) is 11.8 Å². The number of carbonyl (C=O) groups excluding carboxylic acids is 1. The van der Waals surface area contributed by atoms with E-state index in [-0.39, 0.29) is 11.8 Å². The maximum absolute atomic E-state index is 13.0. The van der Waals surface area contributed by atoms with Gasteiger partial charge in [-0.1, -0.05) is 60.6 Å². The largest absolute Gasteiger partial charge is 0.489 e. The Hall–Kier alpha value is -2.77. The van der Waals surface area contributed by atoms with Crippen LogP contribution in [0.25, 0.3) is 0 Å². The smallest absolute Gasteiger partial charge is 0.227 e. The molecule has 0 bridgehead atoms. The second kappa shape index (κ2) is 9.00. The zero-order valence-electron chi connectivity index (χ0n) is 17.7. The summed E-state index contributed by atoms with van der Waals surface area (Å²) >= 11 is 7.86. The van der Waals surface area contributed by atoms with E-state index in [9.17, 15) is 4.79 Å². The van der Waals surface area contributed by atoms with Crippen LogP contribution in [0.3, 0.4) is 0 Å². The van der Waals surface area contributed by atoms with Crippen LogP contribution in [0.15, 0.2) is 65.0 Å². The van der Waals surface area contributed by atoms with Crippen molar-refractivity contribution >= 4 is 35.1 Å². The van der Waals surface area contributed by atoms with Gasteiger partial charge in [0.1, 0.15) is 18.4 Å². The number of ether oxygens (including phenoxy) is 1. The lowest BCUT2D eigenvalue weighted by Crippen LogP contribution is -2.31. The van der Waals surface area contributed by atoms with Gasteiger partial charge in [-0.05, 0) is 42.4 Å². The number of anilines is 1. The zero-order chi connectivity index (χ0) is 22.1. The molecule has 1 unspecified atom stereocenters. The van der Waals surface area contributed by atoms with Crippen molar-refractivity contribution < 1.29 is 9.53 Å². The molecule has 2 aliphatic rings. The van der Waals surface area contributed by atoms with Crippen LogP contribution in [-0.2, 0) is 11.4 Å². The molecule has 1 aliphatic carbocycles. The Morgan fingerprint density at radius 1 is 1.22 bits per heavy atom. The number of hydrogen-bond acceptors (Lipinski definition) is 6. The Balaban J connectivity index is 1.51. The van der Waals surface area contributed by atoms with E-state index in [0.29, 0.717) is 29.2 Å². The predicted octanol–water partition coefficient (Wildman–Crippen LogP) is 5.64. The van der Waals surface area contributed by atoms with Crippen LogP contribution in [0.1, 0.15) is 43.4 Å². The molecule has 0 saturated carbocycles. The molecule has 1 atom stereocenters. The van der Waals surface area contributed by atoms with Crippen LogP contribution >= 0.6 is 23.4 Å². The maximum Gasteiger partial charge on any atom is 0.227 e. The Labute approximate surface area is 196 Å². The highest BCUT2D eigenvalue weighted by molar-refractivity contribution is 7.99. The number of halogens is 1. The first-order chi connectivity index (χ1) is 15.6. The number of rotatable bonds is 6. The van der Waals surface area contributed by atoms with Gasteiger partial charge in [0.05, 0.1) is 0 Å². The van der Waals surface area contributed by atoms with Crippen molar-refractivity contribution in [2.45, 2.75) is 44.0 Å². The normalized spacial score (nSPS) is 17.6.